The second-order valence-electron chi connectivity index (χ2n) is 4.20. The van der Waals surface area contributed by atoms with Crippen molar-refractivity contribution in [3.8, 4) is 0 Å². The molecule has 0 aliphatic heterocycles. The van der Waals surface area contributed by atoms with E-state index >= 15 is 0 Å². The lowest BCUT2D eigenvalue weighted by molar-refractivity contribution is -0.143. The Kier molecular flexibility index (Phi) is 5.86. The third kappa shape index (κ3) is 3.49. The van der Waals surface area contributed by atoms with E-state index in [-0.39, 0.29) is 24.4 Å². The summed E-state index contributed by atoms with van der Waals surface area (Å²) >= 11 is 0. The number of hydrogen-bond acceptors (Lipinski definition) is 3. The molecule has 0 spiro atoms. The summed E-state index contributed by atoms with van der Waals surface area (Å²) < 4.78 is 4.81. The van der Waals surface area contributed by atoms with Crippen LogP contribution in [0.15, 0.2) is 30.5 Å². The smallest absolute Gasteiger partial charge is 0.323 e. The molecule has 19 heavy (non-hydrogen) atoms. The van der Waals surface area contributed by atoms with E-state index < -0.39 is 0 Å². The Bertz CT molecular complexity index is 539. The van der Waals surface area contributed by atoms with Crippen LogP contribution in [0.25, 0.3) is 10.9 Å². The maximum Gasteiger partial charge on any atom is 0.323 e. The van der Waals surface area contributed by atoms with E-state index in [9.17, 15) is 4.79 Å². The SMILES string of the molecule is CCN[C@@H](Cc1c[nH]c2ccccc12)C(=O)OC.Cl. The van der Waals surface area contributed by atoms with E-state index in [0.29, 0.717) is 6.42 Å². The number of carbonyl (C=O) groups is 1. The van der Waals surface area contributed by atoms with Gasteiger partial charge < -0.3 is 15.0 Å². The Balaban J connectivity index is 0.00000180. The molecule has 1 atom stereocenters. The van der Waals surface area contributed by atoms with E-state index in [0.717, 1.165) is 23.0 Å². The fourth-order valence-corrected chi connectivity index (χ4v) is 2.15. The predicted molar refractivity (Wildman–Crippen MR) is 78.7 cm³/mol. The van der Waals surface area contributed by atoms with Crippen molar-refractivity contribution in [2.24, 2.45) is 0 Å². The zero-order chi connectivity index (χ0) is 13.0. The molecule has 0 fully saturated rings. The van der Waals surface area contributed by atoms with Crippen LogP contribution in [0.2, 0.25) is 0 Å². The molecule has 0 aliphatic rings. The van der Waals surface area contributed by atoms with Crippen LogP contribution in [-0.4, -0.2) is 30.6 Å². The third-order valence-electron chi connectivity index (χ3n) is 3.04. The van der Waals surface area contributed by atoms with E-state index in [2.05, 4.69) is 16.4 Å². The molecule has 0 aliphatic carbocycles. The van der Waals surface area contributed by atoms with Gasteiger partial charge in [0.1, 0.15) is 6.04 Å². The average molecular weight is 283 g/mol. The van der Waals surface area contributed by atoms with Crippen molar-refractivity contribution in [1.29, 1.82) is 0 Å². The van der Waals surface area contributed by atoms with Crippen LogP contribution < -0.4 is 5.32 Å². The number of carbonyl (C=O) groups excluding carboxylic acids is 1. The average Bonchev–Trinajstić information content (AvgIpc) is 2.81. The van der Waals surface area contributed by atoms with Crippen molar-refractivity contribution < 1.29 is 9.53 Å². The van der Waals surface area contributed by atoms with Gasteiger partial charge in [0.05, 0.1) is 7.11 Å². The Labute approximate surface area is 118 Å². The summed E-state index contributed by atoms with van der Waals surface area (Å²) in [5.74, 6) is -0.220. The molecule has 5 heteroatoms. The molecule has 0 radical (unpaired) electrons. The van der Waals surface area contributed by atoms with Crippen LogP contribution in [-0.2, 0) is 16.0 Å². The summed E-state index contributed by atoms with van der Waals surface area (Å²) in [5, 5.41) is 4.30. The highest BCUT2D eigenvalue weighted by Crippen LogP contribution is 2.19. The molecule has 1 aromatic heterocycles. The number of fused-ring (bicyclic) bond motifs is 1. The summed E-state index contributed by atoms with van der Waals surface area (Å²) in [6.45, 7) is 2.72. The molecule has 104 valence electrons. The number of halogens is 1. The summed E-state index contributed by atoms with van der Waals surface area (Å²) in [6.07, 6.45) is 2.59. The highest BCUT2D eigenvalue weighted by molar-refractivity contribution is 5.85. The van der Waals surface area contributed by atoms with Gasteiger partial charge in [-0.3, -0.25) is 4.79 Å². The van der Waals surface area contributed by atoms with Gasteiger partial charge in [0, 0.05) is 23.5 Å². The summed E-state index contributed by atoms with van der Waals surface area (Å²) in [4.78, 5) is 14.9. The van der Waals surface area contributed by atoms with Gasteiger partial charge in [-0.25, -0.2) is 0 Å². The fourth-order valence-electron chi connectivity index (χ4n) is 2.15. The van der Waals surface area contributed by atoms with Gasteiger partial charge in [0.15, 0.2) is 0 Å². The number of benzene rings is 1. The maximum atomic E-state index is 11.7. The minimum Gasteiger partial charge on any atom is -0.468 e. The van der Waals surface area contributed by atoms with Crippen LogP contribution in [0.4, 0.5) is 0 Å². The standard InChI is InChI=1S/C14H18N2O2.ClH/c1-3-15-13(14(17)18-2)8-10-9-16-12-7-5-4-6-11(10)12;/h4-7,9,13,15-16H,3,8H2,1-2H3;1H/t13-;/m0./s1. The van der Waals surface area contributed by atoms with Gasteiger partial charge in [-0.2, -0.15) is 0 Å². The second kappa shape index (κ2) is 7.16. The number of esters is 1. The quantitative estimate of drug-likeness (QED) is 0.827. The predicted octanol–water partition coefficient (Wildman–Crippen LogP) is 2.28. The summed E-state index contributed by atoms with van der Waals surface area (Å²) in [5.41, 5.74) is 2.22. The highest BCUT2D eigenvalue weighted by Gasteiger charge is 2.19. The number of aromatic amines is 1. The van der Waals surface area contributed by atoms with Gasteiger partial charge in [0.2, 0.25) is 0 Å². The first-order valence-electron chi connectivity index (χ1n) is 6.12. The van der Waals surface area contributed by atoms with Crippen LogP contribution in [0, 0.1) is 0 Å². The number of nitrogens with one attached hydrogen (secondary N) is 2. The van der Waals surface area contributed by atoms with Gasteiger partial charge in [-0.1, -0.05) is 25.1 Å². The molecule has 0 saturated carbocycles. The molecule has 0 amide bonds. The Morgan fingerprint density at radius 2 is 2.16 bits per heavy atom. The van der Waals surface area contributed by atoms with Gasteiger partial charge >= 0.3 is 5.97 Å². The van der Waals surface area contributed by atoms with E-state index in [1.165, 1.54) is 7.11 Å². The molecular weight excluding hydrogens is 264 g/mol. The zero-order valence-electron chi connectivity index (χ0n) is 11.1. The number of methoxy groups -OCH3 is 1. The minimum absolute atomic E-state index is 0. The van der Waals surface area contributed by atoms with E-state index in [1.54, 1.807) is 0 Å². The number of rotatable bonds is 5. The Morgan fingerprint density at radius 3 is 2.84 bits per heavy atom. The van der Waals surface area contributed by atoms with Crippen molar-refractivity contribution in [2.45, 2.75) is 19.4 Å². The normalized spacial score (nSPS) is 11.9. The lowest BCUT2D eigenvalue weighted by atomic mass is 10.1. The van der Waals surface area contributed by atoms with Crippen LogP contribution >= 0.6 is 12.4 Å². The highest BCUT2D eigenvalue weighted by atomic mass is 35.5. The Morgan fingerprint density at radius 1 is 1.42 bits per heavy atom. The zero-order valence-corrected chi connectivity index (χ0v) is 11.9. The largest absolute Gasteiger partial charge is 0.468 e. The Hall–Kier alpha value is -1.52. The van der Waals surface area contributed by atoms with Crippen LogP contribution in [0.5, 0.6) is 0 Å². The molecule has 1 aromatic carbocycles. The van der Waals surface area contributed by atoms with E-state index in [1.807, 2.05) is 31.3 Å². The van der Waals surface area contributed by atoms with Crippen LogP contribution in [0.1, 0.15) is 12.5 Å². The molecule has 4 nitrogen and oxygen atoms in total. The van der Waals surface area contributed by atoms with Gasteiger partial charge in [-0.15, -0.1) is 12.4 Å². The summed E-state index contributed by atoms with van der Waals surface area (Å²) in [7, 11) is 1.42. The second-order valence-corrected chi connectivity index (χ2v) is 4.20. The van der Waals surface area contributed by atoms with E-state index in [4.69, 9.17) is 4.74 Å². The molecule has 0 saturated heterocycles. The number of ether oxygens (including phenoxy) is 1. The molecule has 2 N–H and O–H groups in total. The molecular formula is C14H19ClN2O2. The first-order chi connectivity index (χ1) is 8.76. The monoisotopic (exact) mass is 282 g/mol. The van der Waals surface area contributed by atoms with Gasteiger partial charge in [0.25, 0.3) is 0 Å². The topological polar surface area (TPSA) is 54.1 Å². The van der Waals surface area contributed by atoms with Crippen molar-refractivity contribution in [2.75, 3.05) is 13.7 Å². The minimum atomic E-state index is -0.292. The maximum absolute atomic E-state index is 11.7. The third-order valence-corrected chi connectivity index (χ3v) is 3.04. The van der Waals surface area contributed by atoms with Gasteiger partial charge in [-0.05, 0) is 18.2 Å². The lowest BCUT2D eigenvalue weighted by Gasteiger charge is -2.14. The number of aromatic nitrogens is 1. The van der Waals surface area contributed by atoms with Crippen molar-refractivity contribution in [1.82, 2.24) is 10.3 Å². The molecule has 2 rings (SSSR count). The first-order valence-corrected chi connectivity index (χ1v) is 6.12. The number of H-pyrrole nitrogens is 1. The molecule has 0 unspecified atom stereocenters. The van der Waals surface area contributed by atoms with Crippen molar-refractivity contribution >= 4 is 29.3 Å². The fraction of sp³-hybridized carbons (Fsp3) is 0.357. The summed E-state index contributed by atoms with van der Waals surface area (Å²) in [6, 6.07) is 7.78. The number of likely N-dealkylation sites (N-methyl/N-ethyl adjacent to an activating group) is 1. The molecule has 0 bridgehead atoms. The van der Waals surface area contributed by atoms with Crippen LogP contribution in [0.3, 0.4) is 0 Å². The number of hydrogen-bond donors (Lipinski definition) is 2. The van der Waals surface area contributed by atoms with Crippen molar-refractivity contribution in [3.05, 3.63) is 36.0 Å². The lowest BCUT2D eigenvalue weighted by Crippen LogP contribution is -2.39. The van der Waals surface area contributed by atoms with Crippen molar-refractivity contribution in [3.63, 3.8) is 0 Å². The molecule has 1 heterocycles. The first kappa shape index (κ1) is 15.5. The molecule has 2 aromatic rings. The number of para-hydroxylation sites is 1.